The molecule has 0 saturated carbocycles. The number of hydrogen-bond donors (Lipinski definition) is 1. The highest BCUT2D eigenvalue weighted by molar-refractivity contribution is 9.10. The van der Waals surface area contributed by atoms with Gasteiger partial charge in [-0.1, -0.05) is 0 Å². The molecule has 1 aromatic rings. The molecule has 1 saturated heterocycles. The molecule has 0 aromatic carbocycles. The molecular formula is C15H23BrN2O2S. The molecule has 2 heterocycles. The van der Waals surface area contributed by atoms with Gasteiger partial charge in [-0.3, -0.25) is 0 Å². The molecular weight excluding hydrogens is 352 g/mol. The number of nitrogens with one attached hydrogen (secondary N) is 1. The molecule has 1 N–H and O–H groups in total. The number of carbonyl (C=O) groups excluding carboxylic acids is 1. The Bertz CT molecular complexity index is 484. The Morgan fingerprint density at radius 3 is 2.95 bits per heavy atom. The van der Waals surface area contributed by atoms with Gasteiger partial charge in [0.25, 0.3) is 0 Å². The van der Waals surface area contributed by atoms with Gasteiger partial charge in [-0.2, -0.15) is 0 Å². The number of halogens is 1. The zero-order valence-electron chi connectivity index (χ0n) is 12.8. The number of thiophene rings is 1. The number of amides is 1. The predicted octanol–water partition coefficient (Wildman–Crippen LogP) is 3.86. The number of likely N-dealkylation sites (tertiary alicyclic amines) is 1. The zero-order valence-corrected chi connectivity index (χ0v) is 15.2. The third-order valence-electron chi connectivity index (χ3n) is 3.29. The topological polar surface area (TPSA) is 41.6 Å². The fourth-order valence-electron chi connectivity index (χ4n) is 2.34. The summed E-state index contributed by atoms with van der Waals surface area (Å²) in [4.78, 5) is 15.1. The van der Waals surface area contributed by atoms with E-state index in [0.717, 1.165) is 37.1 Å². The van der Waals surface area contributed by atoms with E-state index in [-0.39, 0.29) is 6.09 Å². The van der Waals surface area contributed by atoms with Gasteiger partial charge in [0, 0.05) is 40.9 Å². The van der Waals surface area contributed by atoms with Crippen LogP contribution in [0.3, 0.4) is 0 Å². The first-order valence-corrected chi connectivity index (χ1v) is 8.92. The molecule has 4 nitrogen and oxygen atoms in total. The molecule has 6 heteroatoms. The van der Waals surface area contributed by atoms with Crippen LogP contribution in [0, 0.1) is 5.92 Å². The first kappa shape index (κ1) is 16.8. The number of rotatable bonds is 4. The lowest BCUT2D eigenvalue weighted by atomic mass is 10.1. The number of ether oxygens (including phenoxy) is 1. The summed E-state index contributed by atoms with van der Waals surface area (Å²) in [6.07, 6.45) is 0.854. The summed E-state index contributed by atoms with van der Waals surface area (Å²) >= 11 is 5.21. The third kappa shape index (κ3) is 5.60. The van der Waals surface area contributed by atoms with Crippen LogP contribution in [0.15, 0.2) is 15.9 Å². The molecule has 1 unspecified atom stereocenters. The monoisotopic (exact) mass is 374 g/mol. The largest absolute Gasteiger partial charge is 0.444 e. The minimum Gasteiger partial charge on any atom is -0.444 e. The zero-order chi connectivity index (χ0) is 15.5. The SMILES string of the molecule is CC(C)(C)OC(=O)N1CCC(CNCc2cc(Br)cs2)C1. The van der Waals surface area contributed by atoms with Crippen molar-refractivity contribution in [2.45, 2.75) is 39.3 Å². The first-order valence-electron chi connectivity index (χ1n) is 7.25. The van der Waals surface area contributed by atoms with Crippen molar-refractivity contribution >= 4 is 33.4 Å². The van der Waals surface area contributed by atoms with Crippen molar-refractivity contribution in [2.24, 2.45) is 5.92 Å². The van der Waals surface area contributed by atoms with E-state index in [0.29, 0.717) is 5.92 Å². The minimum absolute atomic E-state index is 0.188. The van der Waals surface area contributed by atoms with E-state index in [1.54, 1.807) is 11.3 Å². The van der Waals surface area contributed by atoms with Gasteiger partial charge in [0.15, 0.2) is 0 Å². The van der Waals surface area contributed by atoms with Gasteiger partial charge >= 0.3 is 6.09 Å². The van der Waals surface area contributed by atoms with E-state index in [1.165, 1.54) is 4.88 Å². The lowest BCUT2D eigenvalue weighted by Crippen LogP contribution is -2.36. The molecule has 1 aromatic heterocycles. The fraction of sp³-hybridized carbons (Fsp3) is 0.667. The van der Waals surface area contributed by atoms with Crippen LogP contribution in [0.25, 0.3) is 0 Å². The van der Waals surface area contributed by atoms with Crippen molar-refractivity contribution in [1.82, 2.24) is 10.2 Å². The van der Waals surface area contributed by atoms with Crippen molar-refractivity contribution < 1.29 is 9.53 Å². The normalized spacial score (nSPS) is 19.0. The summed E-state index contributed by atoms with van der Waals surface area (Å²) in [5.41, 5.74) is -0.417. The van der Waals surface area contributed by atoms with E-state index < -0.39 is 5.60 Å². The van der Waals surface area contributed by atoms with Crippen molar-refractivity contribution in [3.05, 3.63) is 20.8 Å². The molecule has 1 atom stereocenters. The van der Waals surface area contributed by atoms with Gasteiger partial charge in [-0.05, 0) is 55.1 Å². The van der Waals surface area contributed by atoms with Gasteiger partial charge in [0.1, 0.15) is 5.60 Å². The fourth-order valence-corrected chi connectivity index (χ4v) is 3.76. The Labute approximate surface area is 139 Å². The van der Waals surface area contributed by atoms with Crippen LogP contribution in [0.1, 0.15) is 32.1 Å². The molecule has 21 heavy (non-hydrogen) atoms. The van der Waals surface area contributed by atoms with Crippen LogP contribution >= 0.6 is 27.3 Å². The second kappa shape index (κ2) is 7.11. The summed E-state index contributed by atoms with van der Waals surface area (Å²) in [7, 11) is 0. The minimum atomic E-state index is -0.417. The molecule has 0 radical (unpaired) electrons. The van der Waals surface area contributed by atoms with Gasteiger partial charge < -0.3 is 15.0 Å². The maximum Gasteiger partial charge on any atom is 0.410 e. The van der Waals surface area contributed by atoms with E-state index in [2.05, 4.69) is 32.7 Å². The lowest BCUT2D eigenvalue weighted by molar-refractivity contribution is 0.0288. The number of nitrogens with zero attached hydrogens (tertiary/aromatic N) is 1. The van der Waals surface area contributed by atoms with E-state index in [1.807, 2.05) is 25.7 Å². The second-order valence-corrected chi connectivity index (χ2v) is 8.35. The molecule has 1 aliphatic rings. The summed E-state index contributed by atoms with van der Waals surface area (Å²) in [5, 5.41) is 5.57. The van der Waals surface area contributed by atoms with E-state index >= 15 is 0 Å². The summed E-state index contributed by atoms with van der Waals surface area (Å²) in [5.74, 6) is 0.515. The summed E-state index contributed by atoms with van der Waals surface area (Å²) in [6.45, 7) is 9.12. The predicted molar refractivity (Wildman–Crippen MR) is 89.6 cm³/mol. The Morgan fingerprint density at radius 1 is 1.57 bits per heavy atom. The number of hydrogen-bond acceptors (Lipinski definition) is 4. The number of carbonyl (C=O) groups is 1. The smallest absolute Gasteiger partial charge is 0.410 e. The molecule has 0 spiro atoms. The molecule has 2 rings (SSSR count). The molecule has 118 valence electrons. The Balaban J connectivity index is 1.69. The lowest BCUT2D eigenvalue weighted by Gasteiger charge is -2.24. The average molecular weight is 375 g/mol. The van der Waals surface area contributed by atoms with E-state index in [9.17, 15) is 4.79 Å². The molecule has 1 aliphatic heterocycles. The molecule has 0 aliphatic carbocycles. The van der Waals surface area contributed by atoms with Gasteiger partial charge in [0.2, 0.25) is 0 Å². The van der Waals surface area contributed by atoms with Crippen LogP contribution in [-0.2, 0) is 11.3 Å². The Kier molecular flexibility index (Phi) is 5.68. The van der Waals surface area contributed by atoms with Crippen LogP contribution in [-0.4, -0.2) is 36.2 Å². The van der Waals surface area contributed by atoms with Crippen molar-refractivity contribution in [3.63, 3.8) is 0 Å². The highest BCUT2D eigenvalue weighted by atomic mass is 79.9. The summed E-state index contributed by atoms with van der Waals surface area (Å²) < 4.78 is 6.55. The summed E-state index contributed by atoms with van der Waals surface area (Å²) in [6, 6.07) is 2.14. The first-order chi connectivity index (χ1) is 9.83. The quantitative estimate of drug-likeness (QED) is 0.869. The van der Waals surface area contributed by atoms with Crippen LogP contribution < -0.4 is 5.32 Å². The van der Waals surface area contributed by atoms with Crippen LogP contribution in [0.5, 0.6) is 0 Å². The van der Waals surface area contributed by atoms with Crippen LogP contribution in [0.2, 0.25) is 0 Å². The Hall–Kier alpha value is -0.590. The second-order valence-electron chi connectivity index (χ2n) is 6.44. The molecule has 1 fully saturated rings. The van der Waals surface area contributed by atoms with Gasteiger partial charge in [-0.25, -0.2) is 4.79 Å². The van der Waals surface area contributed by atoms with Gasteiger partial charge in [-0.15, -0.1) is 11.3 Å². The maximum atomic E-state index is 12.0. The Morgan fingerprint density at radius 2 is 2.33 bits per heavy atom. The standard InChI is InChI=1S/C15H23BrN2O2S/c1-15(2,3)20-14(19)18-5-4-11(9-18)7-17-8-13-6-12(16)10-21-13/h6,10-11,17H,4-5,7-9H2,1-3H3. The van der Waals surface area contributed by atoms with E-state index in [4.69, 9.17) is 4.74 Å². The van der Waals surface area contributed by atoms with Gasteiger partial charge in [0.05, 0.1) is 0 Å². The van der Waals surface area contributed by atoms with Crippen molar-refractivity contribution in [1.29, 1.82) is 0 Å². The third-order valence-corrected chi connectivity index (χ3v) is 4.99. The highest BCUT2D eigenvalue weighted by Crippen LogP contribution is 2.21. The van der Waals surface area contributed by atoms with Crippen molar-refractivity contribution in [3.8, 4) is 0 Å². The van der Waals surface area contributed by atoms with Crippen LogP contribution in [0.4, 0.5) is 4.79 Å². The maximum absolute atomic E-state index is 12.0. The molecule has 0 bridgehead atoms. The average Bonchev–Trinajstić information content (AvgIpc) is 2.97. The van der Waals surface area contributed by atoms with Crippen molar-refractivity contribution in [2.75, 3.05) is 19.6 Å². The highest BCUT2D eigenvalue weighted by Gasteiger charge is 2.29. The molecule has 1 amide bonds.